The summed E-state index contributed by atoms with van der Waals surface area (Å²) in [5.74, 6) is -0.536. The quantitative estimate of drug-likeness (QED) is 0.314. The number of nitrogens with zero attached hydrogens (tertiary/aromatic N) is 3. The number of thiazole rings is 1. The maximum atomic E-state index is 13.9. The van der Waals surface area contributed by atoms with E-state index in [9.17, 15) is 14.9 Å². The molecule has 2 aromatic heterocycles. The number of aromatic nitrogens is 2. The van der Waals surface area contributed by atoms with E-state index >= 15 is 0 Å². The predicted octanol–water partition coefficient (Wildman–Crippen LogP) is 5.14. The minimum atomic E-state index is -1.47. The summed E-state index contributed by atoms with van der Waals surface area (Å²) < 4.78 is 0. The van der Waals surface area contributed by atoms with Crippen LogP contribution in [0.5, 0.6) is 0 Å². The van der Waals surface area contributed by atoms with Crippen molar-refractivity contribution in [3.05, 3.63) is 122 Å². The fraction of sp³-hybridized carbons (Fsp3) is 0.222. The van der Waals surface area contributed by atoms with E-state index in [0.29, 0.717) is 22.7 Å². The summed E-state index contributed by atoms with van der Waals surface area (Å²) in [6, 6.07) is 18.8. The number of hydrogen-bond donors (Lipinski definition) is 1. The van der Waals surface area contributed by atoms with Crippen LogP contribution in [0.15, 0.2) is 78.4 Å². The van der Waals surface area contributed by atoms with E-state index in [-0.39, 0.29) is 23.2 Å². The molecule has 3 aliphatic carbocycles. The lowest BCUT2D eigenvalue weighted by molar-refractivity contribution is -0.573. The lowest BCUT2D eigenvalue weighted by Gasteiger charge is -2.52. The highest BCUT2D eigenvalue weighted by Gasteiger charge is 2.67. The molecule has 7 nitrogen and oxygen atoms in total. The van der Waals surface area contributed by atoms with Crippen molar-refractivity contribution >= 4 is 22.4 Å². The summed E-state index contributed by atoms with van der Waals surface area (Å²) in [7, 11) is 0. The molecule has 1 atom stereocenters. The topological polar surface area (TPSA) is 98.0 Å². The van der Waals surface area contributed by atoms with Gasteiger partial charge in [0.05, 0.1) is 11.1 Å². The van der Waals surface area contributed by atoms with Gasteiger partial charge in [0.15, 0.2) is 5.13 Å². The molecule has 174 valence electrons. The fourth-order valence-electron chi connectivity index (χ4n) is 5.94. The van der Waals surface area contributed by atoms with E-state index in [4.69, 9.17) is 0 Å². The van der Waals surface area contributed by atoms with Crippen LogP contribution >= 0.6 is 11.3 Å². The number of carbonyl (C=O) groups excluding carboxylic acids is 1. The van der Waals surface area contributed by atoms with Crippen molar-refractivity contribution in [2.75, 3.05) is 5.32 Å². The Morgan fingerprint density at radius 2 is 1.80 bits per heavy atom. The lowest BCUT2D eigenvalue weighted by Crippen LogP contribution is -2.57. The fourth-order valence-corrected chi connectivity index (χ4v) is 6.65. The van der Waals surface area contributed by atoms with Crippen molar-refractivity contribution in [3.63, 3.8) is 0 Å². The van der Waals surface area contributed by atoms with Crippen molar-refractivity contribution in [1.29, 1.82) is 0 Å². The normalized spacial score (nSPS) is 23.9. The van der Waals surface area contributed by atoms with Crippen LogP contribution in [0.4, 0.5) is 5.13 Å². The Morgan fingerprint density at radius 3 is 2.43 bits per heavy atom. The van der Waals surface area contributed by atoms with Gasteiger partial charge in [-0.3, -0.25) is 19.9 Å². The van der Waals surface area contributed by atoms with Crippen molar-refractivity contribution < 1.29 is 9.72 Å². The van der Waals surface area contributed by atoms with E-state index in [1.54, 1.807) is 12.4 Å². The molecule has 1 N–H and O–H groups in total. The summed E-state index contributed by atoms with van der Waals surface area (Å²) >= 11 is 1.36. The van der Waals surface area contributed by atoms with Gasteiger partial charge in [-0.15, -0.1) is 11.3 Å². The molecular formula is C27H22N4O3S. The molecule has 0 aliphatic heterocycles. The maximum Gasteiger partial charge on any atom is 0.273 e. The molecule has 2 aromatic carbocycles. The van der Waals surface area contributed by atoms with E-state index in [1.165, 1.54) is 11.3 Å². The highest BCUT2D eigenvalue weighted by Crippen LogP contribution is 2.64. The van der Waals surface area contributed by atoms with Gasteiger partial charge in [0.2, 0.25) is 5.91 Å². The summed E-state index contributed by atoms with van der Waals surface area (Å²) in [6.45, 7) is 1.85. The molecule has 2 heterocycles. The van der Waals surface area contributed by atoms with Crippen LogP contribution in [0.25, 0.3) is 0 Å². The molecule has 1 amide bonds. The molecule has 7 rings (SSSR count). The minimum Gasteiger partial charge on any atom is -0.301 e. The first-order valence-electron chi connectivity index (χ1n) is 11.4. The Balaban J connectivity index is 1.38. The van der Waals surface area contributed by atoms with Gasteiger partial charge in [0, 0.05) is 52.6 Å². The Kier molecular flexibility index (Phi) is 4.82. The molecule has 8 heteroatoms. The maximum absolute atomic E-state index is 13.9. The first-order valence-corrected chi connectivity index (χ1v) is 12.3. The largest absolute Gasteiger partial charge is 0.301 e. The highest BCUT2D eigenvalue weighted by molar-refractivity contribution is 7.13. The molecule has 2 bridgehead atoms. The summed E-state index contributed by atoms with van der Waals surface area (Å²) in [4.78, 5) is 35.1. The third-order valence-corrected chi connectivity index (χ3v) is 8.21. The second-order valence-electron chi connectivity index (χ2n) is 9.46. The minimum absolute atomic E-state index is 0.0887. The van der Waals surface area contributed by atoms with Gasteiger partial charge in [-0.2, -0.15) is 0 Å². The number of nitro groups is 1. The highest BCUT2D eigenvalue weighted by atomic mass is 32.1. The molecule has 0 saturated heterocycles. The van der Waals surface area contributed by atoms with E-state index in [0.717, 1.165) is 22.4 Å². The molecule has 35 heavy (non-hydrogen) atoms. The summed E-state index contributed by atoms with van der Waals surface area (Å²) in [5.41, 5.74) is 2.46. The Hall–Kier alpha value is -3.91. The van der Waals surface area contributed by atoms with Gasteiger partial charge in [-0.05, 0) is 29.7 Å². The molecule has 1 unspecified atom stereocenters. The number of carbonyl (C=O) groups is 1. The van der Waals surface area contributed by atoms with Crippen molar-refractivity contribution in [1.82, 2.24) is 9.97 Å². The molecule has 0 fully saturated rings. The molecule has 4 aromatic rings. The number of nitrogens with one attached hydrogen (secondary N) is 1. The molecular weight excluding hydrogens is 460 g/mol. The van der Waals surface area contributed by atoms with Gasteiger partial charge in [-0.25, -0.2) is 4.98 Å². The van der Waals surface area contributed by atoms with Crippen LogP contribution in [-0.4, -0.2) is 20.8 Å². The number of fused-ring (bicyclic) bond motifs is 1. The number of anilines is 1. The van der Waals surface area contributed by atoms with Crippen LogP contribution in [0.1, 0.15) is 52.8 Å². The zero-order valence-corrected chi connectivity index (χ0v) is 19.8. The SMILES string of the molecule is CC1(C(=O)Nc2nc(Cc3cccnc3)cs2)CC2([N+](=O)[O-])c3ccccc3C1c1ccccc12. The average Bonchev–Trinajstić information content (AvgIpc) is 3.31. The van der Waals surface area contributed by atoms with Crippen LogP contribution in [0.3, 0.4) is 0 Å². The van der Waals surface area contributed by atoms with Crippen LogP contribution in [-0.2, 0) is 16.8 Å². The summed E-state index contributed by atoms with van der Waals surface area (Å²) in [6.07, 6.45) is 4.23. The number of rotatable bonds is 5. The van der Waals surface area contributed by atoms with Crippen molar-refractivity contribution in [3.8, 4) is 0 Å². The monoisotopic (exact) mass is 482 g/mol. The second-order valence-corrected chi connectivity index (χ2v) is 10.3. The van der Waals surface area contributed by atoms with Gasteiger partial charge in [-0.1, -0.05) is 54.6 Å². The second kappa shape index (κ2) is 7.81. The van der Waals surface area contributed by atoms with E-state index in [2.05, 4.69) is 15.3 Å². The van der Waals surface area contributed by atoms with Crippen molar-refractivity contribution in [2.24, 2.45) is 5.41 Å². The average molecular weight is 483 g/mol. The third kappa shape index (κ3) is 3.13. The summed E-state index contributed by atoms with van der Waals surface area (Å²) in [5, 5.41) is 18.2. The molecule has 3 aliphatic rings. The number of pyridine rings is 1. The van der Waals surface area contributed by atoms with Crippen LogP contribution < -0.4 is 5.32 Å². The zero-order chi connectivity index (χ0) is 24.2. The first-order chi connectivity index (χ1) is 16.9. The van der Waals surface area contributed by atoms with E-state index < -0.39 is 11.0 Å². The zero-order valence-electron chi connectivity index (χ0n) is 19.0. The lowest BCUT2D eigenvalue weighted by atomic mass is 9.49. The molecule has 0 radical (unpaired) electrons. The number of amides is 1. The standard InChI is InChI=1S/C27H22N4O3S/c1-26(24(32)30-25-29-18(15-35-25)13-17-7-6-12-28-14-17)16-27(31(33)34)21-10-4-2-8-19(21)23(26)20-9-3-5-11-22(20)27/h2-12,14-15,23H,13,16H2,1H3,(H,29,30,32). The van der Waals surface area contributed by atoms with Gasteiger partial charge in [0.25, 0.3) is 5.54 Å². The van der Waals surface area contributed by atoms with Crippen LogP contribution in [0, 0.1) is 15.5 Å². The van der Waals surface area contributed by atoms with Gasteiger partial charge in [0.1, 0.15) is 0 Å². The Bertz CT molecular complexity index is 1420. The molecule has 0 spiro atoms. The van der Waals surface area contributed by atoms with Crippen molar-refractivity contribution in [2.45, 2.75) is 31.2 Å². The number of hydrogen-bond acceptors (Lipinski definition) is 6. The van der Waals surface area contributed by atoms with Crippen LogP contribution in [0.2, 0.25) is 0 Å². The third-order valence-electron chi connectivity index (χ3n) is 7.41. The Morgan fingerprint density at radius 1 is 1.11 bits per heavy atom. The number of benzene rings is 2. The van der Waals surface area contributed by atoms with E-state index in [1.807, 2.05) is 73.0 Å². The molecule has 0 saturated carbocycles. The Labute approximate surface area is 206 Å². The first kappa shape index (κ1) is 21.6. The predicted molar refractivity (Wildman–Crippen MR) is 133 cm³/mol. The van der Waals surface area contributed by atoms with Gasteiger partial charge < -0.3 is 5.32 Å². The van der Waals surface area contributed by atoms with Gasteiger partial charge >= 0.3 is 0 Å². The smallest absolute Gasteiger partial charge is 0.273 e.